The van der Waals surface area contributed by atoms with Gasteiger partial charge in [-0.05, 0) is 42.9 Å². The van der Waals surface area contributed by atoms with Gasteiger partial charge in [-0.1, -0.05) is 62.4 Å². The molecule has 3 rings (SSSR count). The molecular weight excluding hydrogens is 414 g/mol. The number of pyridine rings is 1. The summed E-state index contributed by atoms with van der Waals surface area (Å²) in [7, 11) is 1.61. The minimum atomic E-state index is -0.891. The van der Waals surface area contributed by atoms with Crippen LogP contribution in [-0.2, 0) is 11.2 Å². The number of hydrogen-bond acceptors (Lipinski definition) is 4. The number of carbonyl (C=O) groups excluding carboxylic acids is 2. The van der Waals surface area contributed by atoms with Gasteiger partial charge in [0.2, 0.25) is 5.91 Å². The highest BCUT2D eigenvalue weighted by Crippen LogP contribution is 2.22. The number of aromatic nitrogens is 1. The Bertz CT molecular complexity index is 1060. The highest BCUT2D eigenvalue weighted by molar-refractivity contribution is 6.05. The van der Waals surface area contributed by atoms with Gasteiger partial charge in [0, 0.05) is 24.5 Å². The molecule has 0 spiro atoms. The van der Waals surface area contributed by atoms with Crippen LogP contribution >= 0.6 is 0 Å². The molecule has 6 heteroatoms. The van der Waals surface area contributed by atoms with Gasteiger partial charge >= 0.3 is 0 Å². The van der Waals surface area contributed by atoms with Gasteiger partial charge < -0.3 is 15.7 Å². The first-order valence-electron chi connectivity index (χ1n) is 11.5. The second kappa shape index (κ2) is 11.6. The predicted octanol–water partition coefficient (Wildman–Crippen LogP) is 3.74. The number of aliphatic hydroxyl groups is 1. The Morgan fingerprint density at radius 1 is 0.970 bits per heavy atom. The quantitative estimate of drug-likeness (QED) is 0.442. The van der Waals surface area contributed by atoms with Gasteiger partial charge in [-0.15, -0.1) is 0 Å². The van der Waals surface area contributed by atoms with Gasteiger partial charge in [-0.25, -0.2) is 0 Å². The molecule has 1 aromatic heterocycles. The van der Waals surface area contributed by atoms with E-state index < -0.39 is 12.1 Å². The maximum atomic E-state index is 13.3. The fraction of sp³-hybridized carbons (Fsp3) is 0.370. The third-order valence-corrected chi connectivity index (χ3v) is 5.86. The van der Waals surface area contributed by atoms with E-state index in [1.54, 1.807) is 19.3 Å². The van der Waals surface area contributed by atoms with E-state index in [0.29, 0.717) is 29.8 Å². The third kappa shape index (κ3) is 6.62. The summed E-state index contributed by atoms with van der Waals surface area (Å²) in [6.07, 6.45) is 2.15. The van der Waals surface area contributed by atoms with E-state index in [0.717, 1.165) is 10.9 Å². The molecular formula is C27H33N3O3. The molecule has 6 nitrogen and oxygen atoms in total. The molecule has 0 unspecified atom stereocenters. The molecule has 0 fully saturated rings. The lowest BCUT2D eigenvalue weighted by Crippen LogP contribution is -2.46. The molecule has 0 aliphatic heterocycles. The van der Waals surface area contributed by atoms with Gasteiger partial charge in [0.15, 0.2) is 0 Å². The molecule has 0 bridgehead atoms. The number of para-hydroxylation sites is 1. The number of fused-ring (bicyclic) bond motifs is 1. The van der Waals surface area contributed by atoms with Crippen molar-refractivity contribution < 1.29 is 14.7 Å². The van der Waals surface area contributed by atoms with Crippen molar-refractivity contribution in [2.75, 3.05) is 7.05 Å². The summed E-state index contributed by atoms with van der Waals surface area (Å²) in [5.74, 6) is -0.409. The molecule has 2 amide bonds. The first kappa shape index (κ1) is 24.4. The monoisotopic (exact) mass is 447 g/mol. The molecule has 0 saturated heterocycles. The van der Waals surface area contributed by atoms with Crippen molar-refractivity contribution in [2.24, 2.45) is 11.8 Å². The van der Waals surface area contributed by atoms with Crippen molar-refractivity contribution in [1.29, 1.82) is 0 Å². The summed E-state index contributed by atoms with van der Waals surface area (Å²) in [6.45, 7) is 4.11. The maximum absolute atomic E-state index is 13.3. The molecule has 3 N–H and O–H groups in total. The SMILES string of the molecule is CNC(=O)[C@H](CC(C)C)C[C@H](O)[C@H](Cc1ccccc1)NC(=O)c1cccc2cccnc12. The molecule has 0 radical (unpaired) electrons. The highest BCUT2D eigenvalue weighted by Gasteiger charge is 2.29. The number of hydrogen-bond donors (Lipinski definition) is 3. The first-order valence-corrected chi connectivity index (χ1v) is 11.5. The average molecular weight is 448 g/mol. The van der Waals surface area contributed by atoms with Crippen LogP contribution in [0.15, 0.2) is 66.9 Å². The zero-order chi connectivity index (χ0) is 23.8. The Morgan fingerprint density at radius 2 is 1.70 bits per heavy atom. The Morgan fingerprint density at radius 3 is 2.39 bits per heavy atom. The van der Waals surface area contributed by atoms with Gasteiger partial charge in [0.05, 0.1) is 23.2 Å². The Hall–Kier alpha value is -3.25. The normalized spacial score (nSPS) is 14.0. The molecule has 3 atom stereocenters. The van der Waals surface area contributed by atoms with Crippen LogP contribution in [0, 0.1) is 11.8 Å². The molecule has 0 aliphatic carbocycles. The van der Waals surface area contributed by atoms with E-state index in [2.05, 4.69) is 29.5 Å². The molecule has 1 heterocycles. The van der Waals surface area contributed by atoms with Gasteiger partial charge in [-0.2, -0.15) is 0 Å². The number of nitrogens with zero attached hydrogens (tertiary/aromatic N) is 1. The molecule has 0 aliphatic rings. The number of amides is 2. The molecule has 33 heavy (non-hydrogen) atoms. The van der Waals surface area contributed by atoms with Crippen molar-refractivity contribution >= 4 is 22.7 Å². The van der Waals surface area contributed by atoms with Crippen LogP contribution in [0.2, 0.25) is 0 Å². The summed E-state index contributed by atoms with van der Waals surface area (Å²) in [4.78, 5) is 30.1. The van der Waals surface area contributed by atoms with Crippen LogP contribution in [-0.4, -0.2) is 41.1 Å². The van der Waals surface area contributed by atoms with E-state index in [9.17, 15) is 14.7 Å². The largest absolute Gasteiger partial charge is 0.391 e. The standard InChI is InChI=1S/C27H33N3O3/c1-18(2)15-21(26(32)28-3)17-24(31)23(16-19-9-5-4-6-10-19)30-27(33)22-13-7-11-20-12-8-14-29-25(20)22/h4-14,18,21,23-24,31H,15-17H2,1-3H3,(H,28,32)(H,30,33)/t21-,23+,24+/m1/s1. The van der Waals surface area contributed by atoms with Crippen molar-refractivity contribution in [3.8, 4) is 0 Å². The number of nitrogens with one attached hydrogen (secondary N) is 2. The summed E-state index contributed by atoms with van der Waals surface area (Å²) >= 11 is 0. The minimum Gasteiger partial charge on any atom is -0.391 e. The Labute approximate surface area is 195 Å². The van der Waals surface area contributed by atoms with Gasteiger partial charge in [0.25, 0.3) is 5.91 Å². The van der Waals surface area contributed by atoms with E-state index >= 15 is 0 Å². The van der Waals surface area contributed by atoms with Crippen LogP contribution in [0.3, 0.4) is 0 Å². The summed E-state index contributed by atoms with van der Waals surface area (Å²) in [6, 6.07) is 18.4. The smallest absolute Gasteiger partial charge is 0.253 e. The first-order chi connectivity index (χ1) is 15.9. The van der Waals surface area contributed by atoms with Gasteiger partial charge in [0.1, 0.15) is 0 Å². The topological polar surface area (TPSA) is 91.3 Å². The molecule has 0 saturated carbocycles. The van der Waals surface area contributed by atoms with E-state index in [-0.39, 0.29) is 24.2 Å². The van der Waals surface area contributed by atoms with E-state index in [1.165, 1.54) is 0 Å². The summed E-state index contributed by atoms with van der Waals surface area (Å²) in [5.41, 5.74) is 2.08. The van der Waals surface area contributed by atoms with Crippen LogP contribution in [0.4, 0.5) is 0 Å². The number of benzene rings is 2. The fourth-order valence-electron chi connectivity index (χ4n) is 4.22. The third-order valence-electron chi connectivity index (χ3n) is 5.86. The second-order valence-corrected chi connectivity index (χ2v) is 8.89. The van der Waals surface area contributed by atoms with Crippen molar-refractivity contribution in [1.82, 2.24) is 15.6 Å². The zero-order valence-electron chi connectivity index (χ0n) is 19.5. The average Bonchev–Trinajstić information content (AvgIpc) is 2.82. The Balaban J connectivity index is 1.85. The van der Waals surface area contributed by atoms with Crippen LogP contribution in [0.1, 0.15) is 42.6 Å². The number of aliphatic hydroxyl groups excluding tert-OH is 1. The summed E-state index contributed by atoms with van der Waals surface area (Å²) in [5, 5.41) is 17.8. The summed E-state index contributed by atoms with van der Waals surface area (Å²) < 4.78 is 0. The highest BCUT2D eigenvalue weighted by atomic mass is 16.3. The minimum absolute atomic E-state index is 0.0919. The van der Waals surface area contributed by atoms with Crippen LogP contribution < -0.4 is 10.6 Å². The molecule has 174 valence electrons. The second-order valence-electron chi connectivity index (χ2n) is 8.89. The number of carbonyl (C=O) groups is 2. The lowest BCUT2D eigenvalue weighted by molar-refractivity contribution is -0.126. The lowest BCUT2D eigenvalue weighted by atomic mass is 9.87. The molecule has 3 aromatic rings. The maximum Gasteiger partial charge on any atom is 0.253 e. The Kier molecular flexibility index (Phi) is 8.55. The van der Waals surface area contributed by atoms with E-state index in [1.807, 2.05) is 54.6 Å². The van der Waals surface area contributed by atoms with Crippen LogP contribution in [0.5, 0.6) is 0 Å². The lowest BCUT2D eigenvalue weighted by Gasteiger charge is -2.28. The van der Waals surface area contributed by atoms with Crippen molar-refractivity contribution in [3.05, 3.63) is 78.0 Å². The molecule has 2 aromatic carbocycles. The van der Waals surface area contributed by atoms with Gasteiger partial charge in [-0.3, -0.25) is 14.6 Å². The van der Waals surface area contributed by atoms with Crippen molar-refractivity contribution in [3.63, 3.8) is 0 Å². The predicted molar refractivity (Wildman–Crippen MR) is 131 cm³/mol. The van der Waals surface area contributed by atoms with Crippen LogP contribution in [0.25, 0.3) is 10.9 Å². The van der Waals surface area contributed by atoms with Crippen molar-refractivity contribution in [2.45, 2.75) is 45.3 Å². The number of rotatable bonds is 10. The fourth-order valence-corrected chi connectivity index (χ4v) is 4.22. The van der Waals surface area contributed by atoms with E-state index in [4.69, 9.17) is 0 Å². The zero-order valence-corrected chi connectivity index (χ0v) is 19.5.